The monoisotopic (exact) mass is 119 g/mol. The van der Waals surface area contributed by atoms with Crippen molar-refractivity contribution in [3.63, 3.8) is 0 Å². The van der Waals surface area contributed by atoms with Crippen molar-refractivity contribution in [3.05, 3.63) is 41.8 Å². The Morgan fingerprint density at radius 1 is 1.22 bits per heavy atom. The summed E-state index contributed by atoms with van der Waals surface area (Å²) in [5.74, 6) is 0. The van der Waals surface area contributed by atoms with E-state index in [9.17, 15) is 0 Å². The maximum absolute atomic E-state index is 3.88. The average molecular weight is 119 g/mol. The molecule has 9 heavy (non-hydrogen) atoms. The lowest BCUT2D eigenvalue weighted by Gasteiger charge is -1.98. The van der Waals surface area contributed by atoms with Gasteiger partial charge in [0.1, 0.15) is 0 Å². The average Bonchev–Trinajstić information content (AvgIpc) is 1.80. The smallest absolute Gasteiger partial charge is 0.0235 e. The highest BCUT2D eigenvalue weighted by Gasteiger charge is 1.89. The van der Waals surface area contributed by atoms with Gasteiger partial charge < -0.3 is 0 Å². The largest absolute Gasteiger partial charge is 0.0590 e. The molecule has 0 nitrogen and oxygen atoms in total. The molecule has 0 N–H and O–H groups in total. The molecule has 0 amide bonds. The van der Waals surface area contributed by atoms with Crippen molar-refractivity contribution in [2.45, 2.75) is 13.8 Å². The molecule has 47 valence electrons. The fourth-order valence-corrected chi connectivity index (χ4v) is 0.800. The van der Waals surface area contributed by atoms with Crippen LogP contribution in [0, 0.1) is 20.8 Å². The van der Waals surface area contributed by atoms with Crippen LogP contribution in [-0.2, 0) is 0 Å². The summed E-state index contributed by atoms with van der Waals surface area (Å²) in [7, 11) is 0. The lowest BCUT2D eigenvalue weighted by Crippen LogP contribution is -1.79. The summed E-state index contributed by atoms with van der Waals surface area (Å²) in [6.07, 6.45) is 0. The van der Waals surface area contributed by atoms with Crippen LogP contribution in [0.15, 0.2) is 18.2 Å². The standard InChI is InChI=1S/C9H11/c1-7-4-5-8(2)9(3)6-7/h4-6H,3H2,1-2H3. The minimum atomic E-state index is 1.13. The van der Waals surface area contributed by atoms with E-state index in [1.807, 2.05) is 0 Å². The van der Waals surface area contributed by atoms with Crippen LogP contribution < -0.4 is 0 Å². The Kier molecular flexibility index (Phi) is 1.56. The lowest BCUT2D eigenvalue weighted by atomic mass is 10.1. The van der Waals surface area contributed by atoms with Crippen molar-refractivity contribution in [1.29, 1.82) is 0 Å². The summed E-state index contributed by atoms with van der Waals surface area (Å²) in [5, 5.41) is 0. The molecular weight excluding hydrogens is 108 g/mol. The van der Waals surface area contributed by atoms with Gasteiger partial charge in [-0.25, -0.2) is 0 Å². The number of hydrogen-bond donors (Lipinski definition) is 0. The minimum absolute atomic E-state index is 1.13. The van der Waals surface area contributed by atoms with Gasteiger partial charge in [0.05, 0.1) is 0 Å². The molecule has 0 spiro atoms. The van der Waals surface area contributed by atoms with E-state index in [4.69, 9.17) is 0 Å². The normalized spacial score (nSPS) is 9.67. The maximum Gasteiger partial charge on any atom is -0.0235 e. The van der Waals surface area contributed by atoms with Crippen LogP contribution in [0.25, 0.3) is 0 Å². The molecule has 0 saturated heterocycles. The fraction of sp³-hybridized carbons (Fsp3) is 0.222. The van der Waals surface area contributed by atoms with Crippen molar-refractivity contribution in [2.24, 2.45) is 0 Å². The molecule has 0 atom stereocenters. The van der Waals surface area contributed by atoms with Gasteiger partial charge >= 0.3 is 0 Å². The highest BCUT2D eigenvalue weighted by molar-refractivity contribution is 5.32. The SMILES string of the molecule is [CH2]c1cc(C)ccc1C. The van der Waals surface area contributed by atoms with Crippen LogP contribution in [0.3, 0.4) is 0 Å². The number of rotatable bonds is 0. The molecule has 0 unspecified atom stereocenters. The van der Waals surface area contributed by atoms with Crippen LogP contribution in [-0.4, -0.2) is 0 Å². The van der Waals surface area contributed by atoms with Crippen molar-refractivity contribution >= 4 is 0 Å². The Morgan fingerprint density at radius 2 is 1.89 bits per heavy atom. The van der Waals surface area contributed by atoms with E-state index in [-0.39, 0.29) is 0 Å². The summed E-state index contributed by atoms with van der Waals surface area (Å²) in [6, 6.07) is 6.29. The van der Waals surface area contributed by atoms with Gasteiger partial charge in [-0.15, -0.1) is 0 Å². The molecule has 1 aromatic carbocycles. The zero-order chi connectivity index (χ0) is 6.85. The van der Waals surface area contributed by atoms with E-state index in [2.05, 4.69) is 39.0 Å². The number of benzene rings is 1. The number of hydrogen-bond acceptors (Lipinski definition) is 0. The maximum atomic E-state index is 3.88. The van der Waals surface area contributed by atoms with E-state index in [0.29, 0.717) is 0 Å². The number of aryl methyl sites for hydroxylation is 2. The van der Waals surface area contributed by atoms with Gasteiger partial charge in [0.25, 0.3) is 0 Å². The zero-order valence-electron chi connectivity index (χ0n) is 5.94. The Bertz CT molecular complexity index is 211. The minimum Gasteiger partial charge on any atom is -0.0590 e. The second-order valence-electron chi connectivity index (χ2n) is 2.43. The summed E-state index contributed by atoms with van der Waals surface area (Å²) in [6.45, 7) is 8.03. The van der Waals surface area contributed by atoms with Crippen LogP contribution in [0.1, 0.15) is 16.7 Å². The molecule has 0 aliphatic carbocycles. The van der Waals surface area contributed by atoms with Gasteiger partial charge in [-0.05, 0) is 31.9 Å². The molecular formula is C9H11. The second kappa shape index (κ2) is 2.22. The Morgan fingerprint density at radius 3 is 2.33 bits per heavy atom. The van der Waals surface area contributed by atoms with E-state index in [0.717, 1.165) is 5.56 Å². The molecule has 1 rings (SSSR count). The first kappa shape index (κ1) is 6.34. The molecule has 0 bridgehead atoms. The van der Waals surface area contributed by atoms with Gasteiger partial charge in [0, 0.05) is 0 Å². The van der Waals surface area contributed by atoms with Gasteiger partial charge in [-0.2, -0.15) is 0 Å². The quantitative estimate of drug-likeness (QED) is 0.492. The third-order valence-corrected chi connectivity index (χ3v) is 1.50. The highest BCUT2D eigenvalue weighted by Crippen LogP contribution is 2.07. The summed E-state index contributed by atoms with van der Waals surface area (Å²) in [5.41, 5.74) is 3.68. The Balaban J connectivity index is 3.17. The molecule has 1 aromatic rings. The molecule has 0 aromatic heterocycles. The van der Waals surface area contributed by atoms with Gasteiger partial charge in [-0.1, -0.05) is 23.8 Å². The van der Waals surface area contributed by atoms with Crippen molar-refractivity contribution in [3.8, 4) is 0 Å². The second-order valence-corrected chi connectivity index (χ2v) is 2.43. The summed E-state index contributed by atoms with van der Waals surface area (Å²) >= 11 is 0. The molecule has 1 radical (unpaired) electrons. The third-order valence-electron chi connectivity index (χ3n) is 1.50. The first-order valence-electron chi connectivity index (χ1n) is 3.09. The molecule has 0 aliphatic heterocycles. The van der Waals surface area contributed by atoms with Crippen LogP contribution in [0.5, 0.6) is 0 Å². The Hall–Kier alpha value is -0.780. The van der Waals surface area contributed by atoms with Crippen molar-refractivity contribution in [2.75, 3.05) is 0 Å². The van der Waals surface area contributed by atoms with Crippen LogP contribution in [0.2, 0.25) is 0 Å². The first-order valence-corrected chi connectivity index (χ1v) is 3.09. The molecule has 0 fully saturated rings. The summed E-state index contributed by atoms with van der Waals surface area (Å²) in [4.78, 5) is 0. The summed E-state index contributed by atoms with van der Waals surface area (Å²) < 4.78 is 0. The predicted octanol–water partition coefficient (Wildman–Crippen LogP) is 2.49. The fourth-order valence-electron chi connectivity index (χ4n) is 0.800. The highest BCUT2D eigenvalue weighted by atomic mass is 13.9. The van der Waals surface area contributed by atoms with E-state index >= 15 is 0 Å². The molecule has 0 heteroatoms. The lowest BCUT2D eigenvalue weighted by molar-refractivity contribution is 1.36. The van der Waals surface area contributed by atoms with E-state index in [1.54, 1.807) is 0 Å². The molecule has 0 saturated carbocycles. The topological polar surface area (TPSA) is 0 Å². The zero-order valence-corrected chi connectivity index (χ0v) is 5.94. The van der Waals surface area contributed by atoms with E-state index in [1.165, 1.54) is 11.1 Å². The van der Waals surface area contributed by atoms with Gasteiger partial charge in [-0.3, -0.25) is 0 Å². The van der Waals surface area contributed by atoms with Gasteiger partial charge in [0.2, 0.25) is 0 Å². The van der Waals surface area contributed by atoms with Gasteiger partial charge in [0.15, 0.2) is 0 Å². The van der Waals surface area contributed by atoms with E-state index < -0.39 is 0 Å². The van der Waals surface area contributed by atoms with Crippen LogP contribution in [0.4, 0.5) is 0 Å². The van der Waals surface area contributed by atoms with Crippen molar-refractivity contribution < 1.29 is 0 Å². The first-order chi connectivity index (χ1) is 4.20. The van der Waals surface area contributed by atoms with Crippen molar-refractivity contribution in [1.82, 2.24) is 0 Å². The molecule has 0 heterocycles. The Labute approximate surface area is 56.5 Å². The predicted molar refractivity (Wildman–Crippen MR) is 40.4 cm³/mol. The third kappa shape index (κ3) is 1.32. The molecule has 0 aliphatic rings. The van der Waals surface area contributed by atoms with Crippen LogP contribution >= 0.6 is 0 Å².